The van der Waals surface area contributed by atoms with Gasteiger partial charge in [-0.05, 0) is 48.2 Å². The van der Waals surface area contributed by atoms with E-state index in [4.69, 9.17) is 56.9 Å². The number of primary amides is 1. The molecule has 3 fully saturated rings. The molecule has 3 aromatic rings. The van der Waals surface area contributed by atoms with Gasteiger partial charge in [0.2, 0.25) is 0 Å². The number of ether oxygens (including phenoxy) is 2. The second-order valence-corrected chi connectivity index (χ2v) is 15.5. The number of carbonyl (C=O) groups is 1. The maximum absolute atomic E-state index is 16.0. The third kappa shape index (κ3) is 6.15. The number of aryl methyl sites for hydroxylation is 1. The molecule has 3 saturated heterocycles. The van der Waals surface area contributed by atoms with Crippen molar-refractivity contribution in [1.29, 1.82) is 0 Å². The molecule has 6 heterocycles. The number of hydrogen-bond acceptors (Lipinski definition) is 14. The van der Waals surface area contributed by atoms with Gasteiger partial charge < -0.3 is 39.1 Å². The summed E-state index contributed by atoms with van der Waals surface area (Å²) in [5, 5.41) is 11.0. The van der Waals surface area contributed by atoms with Crippen LogP contribution in [-0.2, 0) is 51.2 Å². The maximum atomic E-state index is 16.0. The molecule has 10 atom stereocenters. The van der Waals surface area contributed by atoms with Gasteiger partial charge in [-0.2, -0.15) is 0 Å². The summed E-state index contributed by atoms with van der Waals surface area (Å²) in [6.45, 7) is -7.75. The monoisotopic (exact) mass is 678 g/mol. The second kappa shape index (κ2) is 11.8. The number of pyridine rings is 1. The SMILES string of the molecule is Cc1ncnc2c1ncn2[C@@H]1O[C@@H]2COP(O)(=S)O[C@@H]3[C@H](O)[C@@H](COP(O)(=S)O[C@H]2[C@H]1F)O[C@H]3c1ccnc(C(N)=O)c1. The number of imidazole rings is 1. The van der Waals surface area contributed by atoms with E-state index in [9.17, 15) is 19.7 Å². The van der Waals surface area contributed by atoms with Gasteiger partial charge in [-0.25, -0.2) is 19.3 Å². The smallest absolute Gasteiger partial charge is 0.325 e. The molecular formula is C22H25FN6O10P2S2. The van der Waals surface area contributed by atoms with E-state index in [1.54, 1.807) is 6.92 Å². The fourth-order valence-corrected chi connectivity index (χ4v) is 7.91. The van der Waals surface area contributed by atoms with Crippen LogP contribution >= 0.6 is 13.4 Å². The molecule has 1 amide bonds. The van der Waals surface area contributed by atoms with Gasteiger partial charge in [0.1, 0.15) is 54.2 Å². The number of aliphatic hydroxyl groups excluding tert-OH is 1. The number of halogens is 1. The molecule has 5 N–H and O–H groups in total. The first kappa shape index (κ1) is 31.0. The third-order valence-electron chi connectivity index (χ3n) is 7.10. The van der Waals surface area contributed by atoms with Crippen LogP contribution in [-0.4, -0.2) is 95.2 Å². The highest BCUT2D eigenvalue weighted by Crippen LogP contribution is 2.54. The summed E-state index contributed by atoms with van der Waals surface area (Å²) in [6.07, 6.45) is -7.33. The Labute approximate surface area is 252 Å². The predicted molar refractivity (Wildman–Crippen MR) is 150 cm³/mol. The van der Waals surface area contributed by atoms with Gasteiger partial charge in [-0.1, -0.05) is 0 Å². The summed E-state index contributed by atoms with van der Waals surface area (Å²) in [5.41, 5.74) is 6.84. The van der Waals surface area contributed by atoms with Crippen molar-refractivity contribution in [2.75, 3.05) is 13.2 Å². The normalized spacial score (nSPS) is 38.6. The van der Waals surface area contributed by atoms with Crippen molar-refractivity contribution in [3.63, 3.8) is 0 Å². The molecule has 0 saturated carbocycles. The summed E-state index contributed by atoms with van der Waals surface area (Å²) in [7, 11) is 0. The molecule has 2 bridgehead atoms. The van der Waals surface area contributed by atoms with Crippen LogP contribution in [0.4, 0.5) is 4.39 Å². The van der Waals surface area contributed by atoms with Crippen molar-refractivity contribution in [3.8, 4) is 0 Å². The van der Waals surface area contributed by atoms with E-state index >= 15 is 4.39 Å². The molecular weight excluding hydrogens is 653 g/mol. The summed E-state index contributed by atoms with van der Waals surface area (Å²) >= 11 is 10.4. The lowest BCUT2D eigenvalue weighted by Gasteiger charge is -2.27. The van der Waals surface area contributed by atoms with Gasteiger partial charge in [-0.3, -0.25) is 23.4 Å². The fourth-order valence-electron chi connectivity index (χ4n) is 5.06. The van der Waals surface area contributed by atoms with E-state index in [0.29, 0.717) is 16.8 Å². The number of aliphatic hydroxyl groups is 1. The zero-order chi connectivity index (χ0) is 30.7. The standard InChI is InChI=1S/C22H25FN6O10P2S2/c1-9-15-21(27-7-26-9)29(8-28-15)22-14(23)18-13(37-22)6-35-41(33,43)39-19-16(30)12(5-34-40(32,42)38-18)36-17(19)10-2-3-25-11(4-10)20(24)31/h2-4,7-8,12-14,16-19,22,30H,5-6H2,1H3,(H2,24,31)(H,32,42)(H,33,43)/t12-,13-,14-,16-,17+,18-,19-,22-,40?,41?/m1/s1. The molecule has 43 heavy (non-hydrogen) atoms. The van der Waals surface area contributed by atoms with Gasteiger partial charge in [0.05, 0.1) is 25.2 Å². The molecule has 3 aromatic heterocycles. The average molecular weight is 679 g/mol. The minimum Gasteiger partial charge on any atom is -0.387 e. The van der Waals surface area contributed by atoms with Crippen LogP contribution in [0.1, 0.15) is 34.1 Å². The van der Waals surface area contributed by atoms with Crippen LogP contribution in [0.2, 0.25) is 0 Å². The zero-order valence-electron chi connectivity index (χ0n) is 22.0. The molecule has 0 spiro atoms. The van der Waals surface area contributed by atoms with Crippen LogP contribution in [0.5, 0.6) is 0 Å². The molecule has 2 unspecified atom stereocenters. The Hall–Kier alpha value is -1.96. The number of rotatable bonds is 3. The molecule has 3 aliphatic heterocycles. The van der Waals surface area contributed by atoms with E-state index in [2.05, 4.69) is 19.9 Å². The Balaban J connectivity index is 1.30. The number of alkyl halides is 1. The van der Waals surface area contributed by atoms with Gasteiger partial charge in [-0.15, -0.1) is 0 Å². The van der Waals surface area contributed by atoms with E-state index in [-0.39, 0.29) is 11.3 Å². The summed E-state index contributed by atoms with van der Waals surface area (Å²) in [5.74, 6) is -0.810. The summed E-state index contributed by atoms with van der Waals surface area (Å²) in [4.78, 5) is 50.0. The minimum atomic E-state index is -4.20. The van der Waals surface area contributed by atoms with Crippen molar-refractivity contribution < 1.29 is 51.6 Å². The lowest BCUT2D eigenvalue weighted by molar-refractivity contribution is -0.0486. The minimum absolute atomic E-state index is 0.0885. The first-order chi connectivity index (χ1) is 20.3. The average Bonchev–Trinajstić information content (AvgIpc) is 3.61. The number of nitrogens with zero attached hydrogens (tertiary/aromatic N) is 5. The molecule has 0 aromatic carbocycles. The summed E-state index contributed by atoms with van der Waals surface area (Å²) < 4.78 is 51.5. The second-order valence-electron chi connectivity index (χ2n) is 9.89. The number of nitrogens with two attached hydrogens (primary N) is 1. The Morgan fingerprint density at radius 2 is 1.77 bits per heavy atom. The van der Waals surface area contributed by atoms with Crippen molar-refractivity contribution in [1.82, 2.24) is 24.5 Å². The first-order valence-corrected chi connectivity index (χ1v) is 17.9. The fraction of sp³-hybridized carbons (Fsp3) is 0.500. The van der Waals surface area contributed by atoms with Crippen LogP contribution in [0.3, 0.4) is 0 Å². The quantitative estimate of drug-likeness (QED) is 0.279. The molecule has 6 rings (SSSR count). The van der Waals surface area contributed by atoms with Crippen LogP contribution in [0.25, 0.3) is 11.2 Å². The van der Waals surface area contributed by atoms with E-state index in [1.807, 2.05) is 0 Å². The van der Waals surface area contributed by atoms with Crippen molar-refractivity contribution in [2.45, 2.75) is 55.9 Å². The molecule has 0 radical (unpaired) electrons. The lowest BCUT2D eigenvalue weighted by atomic mass is 10.0. The number of aromatic nitrogens is 5. The third-order valence-corrected chi connectivity index (χ3v) is 10.2. The van der Waals surface area contributed by atoms with E-state index in [0.717, 1.165) is 0 Å². The van der Waals surface area contributed by atoms with Crippen molar-refractivity contribution in [3.05, 3.63) is 47.9 Å². The first-order valence-electron chi connectivity index (χ1n) is 12.7. The zero-order valence-corrected chi connectivity index (χ0v) is 25.4. The number of amides is 1. The highest BCUT2D eigenvalue weighted by molar-refractivity contribution is 8.07. The van der Waals surface area contributed by atoms with Crippen LogP contribution in [0.15, 0.2) is 31.0 Å². The topological polar surface area (TPSA) is 216 Å². The molecule has 232 valence electrons. The molecule has 0 aliphatic carbocycles. The lowest BCUT2D eigenvalue weighted by Crippen LogP contribution is -2.34. The predicted octanol–water partition coefficient (Wildman–Crippen LogP) is 0.616. The highest BCUT2D eigenvalue weighted by Gasteiger charge is 2.52. The largest absolute Gasteiger partial charge is 0.387 e. The Morgan fingerprint density at radius 1 is 1.07 bits per heavy atom. The van der Waals surface area contributed by atoms with Crippen LogP contribution < -0.4 is 5.73 Å². The maximum Gasteiger partial charge on any atom is 0.325 e. The Bertz CT molecular complexity index is 1650. The number of fused-ring (bicyclic) bond motifs is 4. The molecule has 3 aliphatic rings. The van der Waals surface area contributed by atoms with Gasteiger partial charge in [0.25, 0.3) is 5.91 Å². The summed E-state index contributed by atoms with van der Waals surface area (Å²) in [6, 6.07) is 2.81. The van der Waals surface area contributed by atoms with Gasteiger partial charge in [0, 0.05) is 6.20 Å². The Morgan fingerprint density at radius 3 is 2.49 bits per heavy atom. The molecule has 16 nitrogen and oxygen atoms in total. The van der Waals surface area contributed by atoms with Gasteiger partial charge >= 0.3 is 13.4 Å². The number of carbonyl (C=O) groups excluding carboxylic acids is 1. The van der Waals surface area contributed by atoms with Crippen molar-refractivity contribution >= 4 is 54.1 Å². The highest BCUT2D eigenvalue weighted by atomic mass is 32.5. The van der Waals surface area contributed by atoms with Crippen molar-refractivity contribution in [2.24, 2.45) is 5.73 Å². The molecule has 21 heteroatoms. The van der Waals surface area contributed by atoms with E-state index < -0.39 is 81.6 Å². The number of hydrogen-bond donors (Lipinski definition) is 4. The van der Waals surface area contributed by atoms with E-state index in [1.165, 1.54) is 35.6 Å². The Kier molecular flexibility index (Phi) is 8.49. The van der Waals surface area contributed by atoms with Gasteiger partial charge in [0.15, 0.2) is 18.0 Å². The van der Waals surface area contributed by atoms with Crippen LogP contribution in [0, 0.1) is 6.92 Å².